The number of amides is 1. The first-order valence-electron chi connectivity index (χ1n) is 6.26. The van der Waals surface area contributed by atoms with Crippen molar-refractivity contribution in [1.29, 1.82) is 0 Å². The van der Waals surface area contributed by atoms with Crippen LogP contribution in [0.15, 0.2) is 23.1 Å². The highest BCUT2D eigenvalue weighted by molar-refractivity contribution is 7.98. The summed E-state index contributed by atoms with van der Waals surface area (Å²) in [6.45, 7) is 6.14. The molecule has 1 atom stereocenters. The molecule has 3 nitrogen and oxygen atoms in total. The van der Waals surface area contributed by atoms with Gasteiger partial charge in [0.25, 0.3) is 5.91 Å². The number of hydrogen-bond donors (Lipinski definition) is 1. The molecule has 112 valence electrons. The van der Waals surface area contributed by atoms with Crippen LogP contribution in [0, 0.1) is 0 Å². The third-order valence-corrected chi connectivity index (χ3v) is 5.67. The van der Waals surface area contributed by atoms with Gasteiger partial charge in [-0.1, -0.05) is 11.6 Å². The first kappa shape index (κ1) is 17.5. The summed E-state index contributed by atoms with van der Waals surface area (Å²) in [5.74, 6) is 0.214. The number of carbonyl (C=O) groups is 1. The minimum atomic E-state index is -0.973. The lowest BCUT2D eigenvalue weighted by atomic mass is 10.2. The summed E-state index contributed by atoms with van der Waals surface area (Å²) < 4.78 is 11.6. The molecule has 1 aromatic carbocycles. The average molecular weight is 334 g/mol. The zero-order valence-electron chi connectivity index (χ0n) is 12.2. The van der Waals surface area contributed by atoms with Gasteiger partial charge in [-0.05, 0) is 45.2 Å². The van der Waals surface area contributed by atoms with E-state index in [1.807, 2.05) is 33.1 Å². The van der Waals surface area contributed by atoms with E-state index in [-0.39, 0.29) is 10.7 Å². The zero-order valence-corrected chi connectivity index (χ0v) is 14.5. The molecule has 0 saturated heterocycles. The molecular formula is C14H20ClNO2S2. The molecule has 1 rings (SSSR count). The minimum absolute atomic E-state index is 0.225. The number of benzene rings is 1. The summed E-state index contributed by atoms with van der Waals surface area (Å²) in [6.07, 6.45) is 1.94. The molecule has 0 heterocycles. The Morgan fingerprint density at radius 2 is 2.05 bits per heavy atom. The number of halogens is 1. The van der Waals surface area contributed by atoms with Gasteiger partial charge in [0, 0.05) is 32.7 Å². The van der Waals surface area contributed by atoms with Gasteiger partial charge >= 0.3 is 0 Å². The molecule has 0 bridgehead atoms. The van der Waals surface area contributed by atoms with Gasteiger partial charge in [-0.15, -0.1) is 11.8 Å². The molecule has 1 unspecified atom stereocenters. The highest BCUT2D eigenvalue weighted by Gasteiger charge is 2.19. The van der Waals surface area contributed by atoms with E-state index in [2.05, 4.69) is 5.32 Å². The monoisotopic (exact) mass is 333 g/mol. The van der Waals surface area contributed by atoms with E-state index in [1.54, 1.807) is 23.9 Å². The van der Waals surface area contributed by atoms with Crippen molar-refractivity contribution in [3.05, 3.63) is 28.8 Å². The Kier molecular flexibility index (Phi) is 6.55. The van der Waals surface area contributed by atoms with Crippen LogP contribution in [0.25, 0.3) is 0 Å². The minimum Gasteiger partial charge on any atom is -0.351 e. The van der Waals surface area contributed by atoms with Crippen LogP contribution < -0.4 is 5.32 Å². The van der Waals surface area contributed by atoms with Crippen molar-refractivity contribution in [3.63, 3.8) is 0 Å². The van der Waals surface area contributed by atoms with Crippen LogP contribution in [0.2, 0.25) is 5.02 Å². The van der Waals surface area contributed by atoms with Gasteiger partial charge in [0.2, 0.25) is 0 Å². The SMILES string of the molecule is CSc1ccc(Cl)c(C(=O)NCCS(=O)C(C)(C)C)c1. The smallest absolute Gasteiger partial charge is 0.252 e. The van der Waals surface area contributed by atoms with E-state index < -0.39 is 10.8 Å². The summed E-state index contributed by atoms with van der Waals surface area (Å²) in [6, 6.07) is 5.36. The second-order valence-corrected chi connectivity index (χ2v) is 8.87. The number of thioether (sulfide) groups is 1. The standard InChI is InChI=1S/C14H20ClNO2S2/c1-14(2,3)20(18)8-7-16-13(17)11-9-10(19-4)5-6-12(11)15/h5-6,9H,7-8H2,1-4H3,(H,16,17). The van der Waals surface area contributed by atoms with Crippen LogP contribution >= 0.6 is 23.4 Å². The average Bonchev–Trinajstić information content (AvgIpc) is 2.37. The van der Waals surface area contributed by atoms with E-state index in [1.165, 1.54) is 0 Å². The quantitative estimate of drug-likeness (QED) is 0.841. The Labute approximate surface area is 132 Å². The van der Waals surface area contributed by atoms with Crippen LogP contribution in [0.5, 0.6) is 0 Å². The predicted octanol–water partition coefficient (Wildman–Crippen LogP) is 3.34. The van der Waals surface area contributed by atoms with Crippen molar-refractivity contribution >= 4 is 40.1 Å². The third-order valence-electron chi connectivity index (χ3n) is 2.67. The number of rotatable bonds is 5. The molecule has 1 aromatic rings. The fourth-order valence-electron chi connectivity index (χ4n) is 1.46. The molecule has 0 spiro atoms. The Bertz CT molecular complexity index is 512. The van der Waals surface area contributed by atoms with Crippen molar-refractivity contribution < 1.29 is 9.00 Å². The van der Waals surface area contributed by atoms with Crippen molar-refractivity contribution in [3.8, 4) is 0 Å². The first-order chi connectivity index (χ1) is 9.25. The van der Waals surface area contributed by atoms with E-state index in [0.717, 1.165) is 4.90 Å². The molecular weight excluding hydrogens is 314 g/mol. The lowest BCUT2D eigenvalue weighted by Gasteiger charge is -2.17. The van der Waals surface area contributed by atoms with Gasteiger partial charge in [-0.25, -0.2) is 0 Å². The zero-order chi connectivity index (χ0) is 15.3. The third kappa shape index (κ3) is 5.11. The maximum Gasteiger partial charge on any atom is 0.252 e. The number of carbonyl (C=O) groups excluding carboxylic acids is 1. The molecule has 0 aliphatic rings. The van der Waals surface area contributed by atoms with Crippen LogP contribution in [0.3, 0.4) is 0 Å². The van der Waals surface area contributed by atoms with Crippen molar-refractivity contribution in [2.45, 2.75) is 30.4 Å². The summed E-state index contributed by atoms with van der Waals surface area (Å²) >= 11 is 7.59. The first-order valence-corrected chi connectivity index (χ1v) is 9.18. The van der Waals surface area contributed by atoms with Crippen molar-refractivity contribution in [2.24, 2.45) is 0 Å². The normalized spacial score (nSPS) is 13.1. The van der Waals surface area contributed by atoms with Gasteiger partial charge in [0.1, 0.15) is 0 Å². The Morgan fingerprint density at radius 3 is 2.60 bits per heavy atom. The van der Waals surface area contributed by atoms with Crippen LogP contribution in [0.4, 0.5) is 0 Å². The lowest BCUT2D eigenvalue weighted by molar-refractivity contribution is 0.0956. The van der Waals surface area contributed by atoms with E-state index >= 15 is 0 Å². The molecule has 0 aliphatic carbocycles. The van der Waals surface area contributed by atoms with Crippen molar-refractivity contribution in [1.82, 2.24) is 5.32 Å². The van der Waals surface area contributed by atoms with Gasteiger partial charge in [-0.2, -0.15) is 0 Å². The fourth-order valence-corrected chi connectivity index (χ4v) is 3.01. The molecule has 0 aliphatic heterocycles. The molecule has 1 amide bonds. The Morgan fingerprint density at radius 1 is 1.40 bits per heavy atom. The molecule has 1 N–H and O–H groups in total. The molecule has 6 heteroatoms. The highest BCUT2D eigenvalue weighted by atomic mass is 35.5. The molecule has 0 radical (unpaired) electrons. The predicted molar refractivity (Wildman–Crippen MR) is 88.3 cm³/mol. The maximum atomic E-state index is 12.1. The topological polar surface area (TPSA) is 46.2 Å². The Balaban J connectivity index is 2.62. The van der Waals surface area contributed by atoms with Crippen LogP contribution in [-0.2, 0) is 10.8 Å². The molecule has 0 saturated carbocycles. The number of hydrogen-bond acceptors (Lipinski definition) is 3. The van der Waals surface area contributed by atoms with E-state index in [4.69, 9.17) is 11.6 Å². The van der Waals surface area contributed by atoms with Gasteiger partial charge in [-0.3, -0.25) is 9.00 Å². The second-order valence-electron chi connectivity index (χ2n) is 5.26. The van der Waals surface area contributed by atoms with Crippen molar-refractivity contribution in [2.75, 3.05) is 18.6 Å². The summed E-state index contributed by atoms with van der Waals surface area (Å²) in [5.41, 5.74) is 0.458. The van der Waals surface area contributed by atoms with Gasteiger partial charge in [0.15, 0.2) is 0 Å². The van der Waals surface area contributed by atoms with Gasteiger partial charge < -0.3 is 5.32 Å². The molecule has 0 fully saturated rings. The number of nitrogens with one attached hydrogen (secondary N) is 1. The lowest BCUT2D eigenvalue weighted by Crippen LogP contribution is -2.32. The van der Waals surface area contributed by atoms with E-state index in [0.29, 0.717) is 22.9 Å². The maximum absolute atomic E-state index is 12.1. The van der Waals surface area contributed by atoms with Crippen LogP contribution in [0.1, 0.15) is 31.1 Å². The van der Waals surface area contributed by atoms with Crippen LogP contribution in [-0.4, -0.2) is 33.4 Å². The van der Waals surface area contributed by atoms with E-state index in [9.17, 15) is 9.00 Å². The molecule has 0 aromatic heterocycles. The summed E-state index contributed by atoms with van der Waals surface area (Å²) in [7, 11) is -0.973. The summed E-state index contributed by atoms with van der Waals surface area (Å²) in [5, 5.41) is 3.20. The fraction of sp³-hybridized carbons (Fsp3) is 0.500. The molecule has 20 heavy (non-hydrogen) atoms. The second kappa shape index (κ2) is 7.48. The Hall–Kier alpha value is -0.520. The summed E-state index contributed by atoms with van der Waals surface area (Å²) in [4.78, 5) is 13.0. The highest BCUT2D eigenvalue weighted by Crippen LogP contribution is 2.22. The largest absolute Gasteiger partial charge is 0.351 e. The van der Waals surface area contributed by atoms with Gasteiger partial charge in [0.05, 0.1) is 10.6 Å².